The average Bonchev–Trinajstić information content (AvgIpc) is 2.88. The largest absolute Gasteiger partial charge is 0.416 e. The molecule has 4 nitrogen and oxygen atoms in total. The van der Waals surface area contributed by atoms with E-state index in [4.69, 9.17) is 0 Å². The standard InChI is InChI=1S/C12H10F3N3O/c13-12(14,15)10-3-1-2-9(6-10)11(19)4-5-18-8-16-7-17-18/h1-3,6-8H,4-5H2. The summed E-state index contributed by atoms with van der Waals surface area (Å²) in [6, 6.07) is 4.41. The van der Waals surface area contributed by atoms with Gasteiger partial charge in [0.15, 0.2) is 5.78 Å². The minimum absolute atomic E-state index is 0.0509. The van der Waals surface area contributed by atoms with Gasteiger partial charge in [-0.2, -0.15) is 18.3 Å². The average molecular weight is 269 g/mol. The van der Waals surface area contributed by atoms with Crippen LogP contribution >= 0.6 is 0 Å². The molecule has 0 saturated heterocycles. The van der Waals surface area contributed by atoms with Crippen molar-refractivity contribution in [3.8, 4) is 0 Å². The molecule has 2 aromatic rings. The zero-order valence-electron chi connectivity index (χ0n) is 9.76. The fourth-order valence-corrected chi connectivity index (χ4v) is 1.58. The Balaban J connectivity index is 2.07. The summed E-state index contributed by atoms with van der Waals surface area (Å²) in [6.07, 6.45) is -1.60. The molecule has 0 N–H and O–H groups in total. The highest BCUT2D eigenvalue weighted by Crippen LogP contribution is 2.29. The van der Waals surface area contributed by atoms with Crippen molar-refractivity contribution in [2.24, 2.45) is 0 Å². The third-order valence-corrected chi connectivity index (χ3v) is 2.55. The first-order valence-electron chi connectivity index (χ1n) is 5.50. The summed E-state index contributed by atoms with van der Waals surface area (Å²) < 4.78 is 39.0. The predicted octanol–water partition coefficient (Wildman–Crippen LogP) is 2.57. The third-order valence-electron chi connectivity index (χ3n) is 2.55. The molecule has 0 aliphatic heterocycles. The van der Waals surface area contributed by atoms with E-state index in [0.29, 0.717) is 0 Å². The van der Waals surface area contributed by atoms with Gasteiger partial charge in [-0.05, 0) is 12.1 Å². The monoisotopic (exact) mass is 269 g/mol. The molecule has 0 aliphatic carbocycles. The number of carbonyl (C=O) groups is 1. The van der Waals surface area contributed by atoms with E-state index in [1.54, 1.807) is 0 Å². The highest BCUT2D eigenvalue weighted by Gasteiger charge is 2.30. The number of hydrogen-bond donors (Lipinski definition) is 0. The molecule has 1 heterocycles. The van der Waals surface area contributed by atoms with Gasteiger partial charge in [-0.25, -0.2) is 4.98 Å². The number of hydrogen-bond acceptors (Lipinski definition) is 3. The van der Waals surface area contributed by atoms with Crippen molar-refractivity contribution in [1.82, 2.24) is 14.8 Å². The second-order valence-electron chi connectivity index (χ2n) is 3.91. The lowest BCUT2D eigenvalue weighted by molar-refractivity contribution is -0.137. The number of aromatic nitrogens is 3. The van der Waals surface area contributed by atoms with Gasteiger partial charge < -0.3 is 0 Å². The number of benzene rings is 1. The first kappa shape index (κ1) is 13.3. The molecule has 2 rings (SSSR count). The van der Waals surface area contributed by atoms with Crippen LogP contribution in [0.2, 0.25) is 0 Å². The molecule has 0 spiro atoms. The molecule has 0 bridgehead atoms. The van der Waals surface area contributed by atoms with Crippen LogP contribution in [0.1, 0.15) is 22.3 Å². The van der Waals surface area contributed by atoms with E-state index in [0.717, 1.165) is 12.1 Å². The van der Waals surface area contributed by atoms with Crippen LogP contribution in [0.5, 0.6) is 0 Å². The number of nitrogens with zero attached hydrogens (tertiary/aromatic N) is 3. The van der Waals surface area contributed by atoms with Gasteiger partial charge in [0.1, 0.15) is 12.7 Å². The fourth-order valence-electron chi connectivity index (χ4n) is 1.58. The van der Waals surface area contributed by atoms with Crippen LogP contribution in [0.15, 0.2) is 36.9 Å². The van der Waals surface area contributed by atoms with E-state index in [1.807, 2.05) is 0 Å². The number of alkyl halides is 3. The minimum atomic E-state index is -4.44. The lowest BCUT2D eigenvalue weighted by Gasteiger charge is -2.08. The maximum atomic E-state index is 12.5. The van der Waals surface area contributed by atoms with Gasteiger partial charge in [-0.3, -0.25) is 9.48 Å². The molecule has 0 unspecified atom stereocenters. The topological polar surface area (TPSA) is 47.8 Å². The van der Waals surface area contributed by atoms with Crippen LogP contribution in [0.25, 0.3) is 0 Å². The molecule has 100 valence electrons. The van der Waals surface area contributed by atoms with Gasteiger partial charge in [0.2, 0.25) is 0 Å². The van der Waals surface area contributed by atoms with E-state index >= 15 is 0 Å². The number of ketones is 1. The Morgan fingerprint density at radius 1 is 1.32 bits per heavy atom. The Hall–Kier alpha value is -2.18. The van der Waals surface area contributed by atoms with Crippen LogP contribution in [0.4, 0.5) is 13.2 Å². The van der Waals surface area contributed by atoms with E-state index in [1.165, 1.54) is 29.5 Å². The van der Waals surface area contributed by atoms with Crippen LogP contribution in [-0.2, 0) is 12.7 Å². The van der Waals surface area contributed by atoms with Crippen LogP contribution < -0.4 is 0 Å². The van der Waals surface area contributed by atoms with Crippen molar-refractivity contribution in [2.75, 3.05) is 0 Å². The van der Waals surface area contributed by atoms with Crippen LogP contribution in [-0.4, -0.2) is 20.5 Å². The number of Topliss-reactive ketones (excluding diaryl/α,β-unsaturated/α-hetero) is 1. The Kier molecular flexibility index (Phi) is 3.64. The maximum absolute atomic E-state index is 12.5. The van der Waals surface area contributed by atoms with Gasteiger partial charge in [0, 0.05) is 18.5 Å². The first-order valence-corrected chi connectivity index (χ1v) is 5.50. The van der Waals surface area contributed by atoms with Gasteiger partial charge >= 0.3 is 6.18 Å². The zero-order chi connectivity index (χ0) is 13.9. The van der Waals surface area contributed by atoms with Gasteiger partial charge in [-0.15, -0.1) is 0 Å². The molecular weight excluding hydrogens is 259 g/mol. The van der Waals surface area contributed by atoms with Crippen molar-refractivity contribution in [2.45, 2.75) is 19.1 Å². The van der Waals surface area contributed by atoms with E-state index < -0.39 is 11.7 Å². The Morgan fingerprint density at radius 2 is 2.11 bits per heavy atom. The second kappa shape index (κ2) is 5.21. The molecule has 0 radical (unpaired) electrons. The molecular formula is C12H10F3N3O. The highest BCUT2D eigenvalue weighted by atomic mass is 19.4. The quantitative estimate of drug-likeness (QED) is 0.801. The summed E-state index contributed by atoms with van der Waals surface area (Å²) >= 11 is 0. The van der Waals surface area contributed by atoms with Crippen molar-refractivity contribution in [3.63, 3.8) is 0 Å². The highest BCUT2D eigenvalue weighted by molar-refractivity contribution is 5.96. The van der Waals surface area contributed by atoms with Crippen molar-refractivity contribution in [3.05, 3.63) is 48.0 Å². The molecule has 0 fully saturated rings. The van der Waals surface area contributed by atoms with Crippen molar-refractivity contribution >= 4 is 5.78 Å². The summed E-state index contributed by atoms with van der Waals surface area (Å²) in [5.41, 5.74) is -0.769. The first-order chi connectivity index (χ1) is 8.97. The minimum Gasteiger partial charge on any atom is -0.294 e. The molecule has 0 atom stereocenters. The summed E-state index contributed by atoms with van der Waals surface area (Å²) in [5, 5.41) is 3.81. The second-order valence-corrected chi connectivity index (χ2v) is 3.91. The lowest BCUT2D eigenvalue weighted by Crippen LogP contribution is -2.09. The van der Waals surface area contributed by atoms with Gasteiger partial charge in [0.25, 0.3) is 0 Å². The smallest absolute Gasteiger partial charge is 0.294 e. The SMILES string of the molecule is O=C(CCn1cncn1)c1cccc(C(F)(F)F)c1. The summed E-state index contributed by atoms with van der Waals surface area (Å²) in [6.45, 7) is 0.287. The molecule has 0 saturated carbocycles. The normalized spacial score (nSPS) is 11.5. The maximum Gasteiger partial charge on any atom is 0.416 e. The van der Waals surface area contributed by atoms with Crippen LogP contribution in [0.3, 0.4) is 0 Å². The van der Waals surface area contributed by atoms with Crippen molar-refractivity contribution in [1.29, 1.82) is 0 Å². The number of carbonyl (C=O) groups excluding carboxylic acids is 1. The molecule has 0 aliphatic rings. The van der Waals surface area contributed by atoms with Gasteiger partial charge in [-0.1, -0.05) is 12.1 Å². The summed E-state index contributed by atoms with van der Waals surface area (Å²) in [5.74, 6) is -0.360. The molecule has 1 aromatic heterocycles. The summed E-state index contributed by atoms with van der Waals surface area (Å²) in [4.78, 5) is 15.5. The molecule has 0 amide bonds. The Morgan fingerprint density at radius 3 is 2.74 bits per heavy atom. The molecule has 7 heteroatoms. The van der Waals surface area contributed by atoms with Crippen molar-refractivity contribution < 1.29 is 18.0 Å². The third kappa shape index (κ3) is 3.40. The predicted molar refractivity (Wildman–Crippen MR) is 60.4 cm³/mol. The number of rotatable bonds is 4. The zero-order valence-corrected chi connectivity index (χ0v) is 9.76. The number of halogens is 3. The molecule has 19 heavy (non-hydrogen) atoms. The van der Waals surface area contributed by atoms with Crippen LogP contribution in [0, 0.1) is 0 Å². The fraction of sp³-hybridized carbons (Fsp3) is 0.250. The Bertz CT molecular complexity index is 564. The van der Waals surface area contributed by atoms with E-state index in [9.17, 15) is 18.0 Å². The van der Waals surface area contributed by atoms with E-state index in [-0.39, 0.29) is 24.3 Å². The Labute approximate surface area is 106 Å². The summed E-state index contributed by atoms with van der Waals surface area (Å²) in [7, 11) is 0. The van der Waals surface area contributed by atoms with Gasteiger partial charge in [0.05, 0.1) is 5.56 Å². The molecule has 1 aromatic carbocycles. The van der Waals surface area contributed by atoms with E-state index in [2.05, 4.69) is 10.1 Å². The lowest BCUT2D eigenvalue weighted by atomic mass is 10.0. The number of aryl methyl sites for hydroxylation is 1.